The summed E-state index contributed by atoms with van der Waals surface area (Å²) in [6.07, 6.45) is 0. The van der Waals surface area contributed by atoms with Gasteiger partial charge in [-0.2, -0.15) is 0 Å². The van der Waals surface area contributed by atoms with Gasteiger partial charge in [-0.3, -0.25) is 9.36 Å². The quantitative estimate of drug-likeness (QED) is 0.393. The zero-order chi connectivity index (χ0) is 21.1. The first-order valence-corrected chi connectivity index (χ1v) is 10.7. The van der Waals surface area contributed by atoms with Gasteiger partial charge in [-0.25, -0.2) is 4.98 Å². The minimum atomic E-state index is -0.864. The second kappa shape index (κ2) is 8.59. The lowest BCUT2D eigenvalue weighted by molar-refractivity contribution is -0.133. The van der Waals surface area contributed by atoms with E-state index in [9.17, 15) is 9.90 Å². The Balaban J connectivity index is 2.02. The van der Waals surface area contributed by atoms with E-state index in [1.54, 1.807) is 0 Å². The Morgan fingerprint density at radius 1 is 0.900 bits per heavy atom. The molecule has 30 heavy (non-hydrogen) atoms. The fourth-order valence-electron chi connectivity index (χ4n) is 3.39. The van der Waals surface area contributed by atoms with Crippen LogP contribution in [0.1, 0.15) is 11.1 Å². The summed E-state index contributed by atoms with van der Waals surface area (Å²) in [5.74, 6) is -0.915. The normalized spacial score (nSPS) is 10.9. The standard InChI is InChI=1S/C25H22N2O2S/c1-17-13-14-21(15-18(17)2)27-24(20-11-7-4-8-12-20)23(19-9-5-3-6-10-19)26-25(27)30-16-22(28)29/h3-15H,16H2,1-2H3,(H,28,29). The van der Waals surface area contributed by atoms with E-state index in [1.165, 1.54) is 22.9 Å². The first kappa shape index (κ1) is 20.0. The number of carboxylic acid groups (broad SMARTS) is 1. The molecule has 1 N–H and O–H groups in total. The number of thioether (sulfide) groups is 1. The summed E-state index contributed by atoms with van der Waals surface area (Å²) >= 11 is 1.24. The Kier molecular flexibility index (Phi) is 5.72. The molecule has 1 heterocycles. The van der Waals surface area contributed by atoms with Crippen LogP contribution in [0.3, 0.4) is 0 Å². The number of nitrogens with zero attached hydrogens (tertiary/aromatic N) is 2. The van der Waals surface area contributed by atoms with Gasteiger partial charge in [0.25, 0.3) is 0 Å². The highest BCUT2D eigenvalue weighted by Crippen LogP contribution is 2.38. The van der Waals surface area contributed by atoms with E-state index >= 15 is 0 Å². The minimum Gasteiger partial charge on any atom is -0.481 e. The lowest BCUT2D eigenvalue weighted by atomic mass is 10.0. The van der Waals surface area contributed by atoms with Crippen molar-refractivity contribution in [3.8, 4) is 28.2 Å². The molecule has 0 unspecified atom stereocenters. The summed E-state index contributed by atoms with van der Waals surface area (Å²) in [7, 11) is 0. The van der Waals surface area contributed by atoms with Crippen LogP contribution in [-0.4, -0.2) is 26.4 Å². The summed E-state index contributed by atoms with van der Waals surface area (Å²) in [5, 5.41) is 9.93. The fraction of sp³-hybridized carbons (Fsp3) is 0.120. The van der Waals surface area contributed by atoms with E-state index in [-0.39, 0.29) is 5.75 Å². The number of hydrogen-bond acceptors (Lipinski definition) is 3. The molecule has 0 aliphatic carbocycles. The average molecular weight is 415 g/mol. The van der Waals surface area contributed by atoms with E-state index in [0.717, 1.165) is 28.2 Å². The number of aromatic nitrogens is 2. The summed E-state index contributed by atoms with van der Waals surface area (Å²) in [6.45, 7) is 4.17. The molecule has 0 aliphatic rings. The molecule has 0 aliphatic heterocycles. The molecule has 0 spiro atoms. The fourth-order valence-corrected chi connectivity index (χ4v) is 4.12. The zero-order valence-electron chi connectivity index (χ0n) is 16.9. The maximum absolute atomic E-state index is 11.3. The first-order chi connectivity index (χ1) is 14.5. The van der Waals surface area contributed by atoms with Crippen molar-refractivity contribution in [3.63, 3.8) is 0 Å². The third kappa shape index (κ3) is 4.02. The number of hydrogen-bond donors (Lipinski definition) is 1. The van der Waals surface area contributed by atoms with Crippen LogP contribution < -0.4 is 0 Å². The molecule has 150 valence electrons. The summed E-state index contributed by atoms with van der Waals surface area (Å²) in [4.78, 5) is 16.2. The molecular weight excluding hydrogens is 392 g/mol. The Hall–Kier alpha value is -3.31. The smallest absolute Gasteiger partial charge is 0.313 e. The Bertz CT molecular complexity index is 1180. The SMILES string of the molecule is Cc1ccc(-n2c(SCC(=O)O)nc(-c3ccccc3)c2-c2ccccc2)cc1C. The molecule has 4 rings (SSSR count). The largest absolute Gasteiger partial charge is 0.481 e. The lowest BCUT2D eigenvalue weighted by Crippen LogP contribution is -2.03. The van der Waals surface area contributed by atoms with Crippen molar-refractivity contribution >= 4 is 17.7 Å². The summed E-state index contributed by atoms with van der Waals surface area (Å²) in [6, 6.07) is 26.4. The van der Waals surface area contributed by atoms with Crippen molar-refractivity contribution in [2.75, 3.05) is 5.75 Å². The van der Waals surface area contributed by atoms with Crippen molar-refractivity contribution in [1.29, 1.82) is 0 Å². The van der Waals surface area contributed by atoms with Crippen molar-refractivity contribution < 1.29 is 9.90 Å². The van der Waals surface area contributed by atoms with E-state index < -0.39 is 5.97 Å². The van der Waals surface area contributed by atoms with Crippen molar-refractivity contribution in [2.45, 2.75) is 19.0 Å². The molecule has 0 bridgehead atoms. The molecule has 0 fully saturated rings. The molecule has 4 nitrogen and oxygen atoms in total. The number of carbonyl (C=O) groups is 1. The van der Waals surface area contributed by atoms with Crippen LogP contribution in [0.25, 0.3) is 28.2 Å². The summed E-state index contributed by atoms with van der Waals surface area (Å²) < 4.78 is 2.08. The third-order valence-corrected chi connectivity index (χ3v) is 5.94. The van der Waals surface area contributed by atoms with E-state index in [2.05, 4.69) is 48.7 Å². The van der Waals surface area contributed by atoms with Gasteiger partial charge in [-0.15, -0.1) is 0 Å². The highest BCUT2D eigenvalue weighted by atomic mass is 32.2. The predicted molar refractivity (Wildman–Crippen MR) is 122 cm³/mol. The van der Waals surface area contributed by atoms with Crippen LogP contribution in [0.2, 0.25) is 0 Å². The number of benzene rings is 3. The first-order valence-electron chi connectivity index (χ1n) is 9.70. The van der Waals surface area contributed by atoms with Gasteiger partial charge in [0.15, 0.2) is 5.16 Å². The molecule has 0 saturated heterocycles. The van der Waals surface area contributed by atoms with Gasteiger partial charge in [0.1, 0.15) is 0 Å². The topological polar surface area (TPSA) is 55.1 Å². The molecule has 0 radical (unpaired) electrons. The molecule has 0 atom stereocenters. The van der Waals surface area contributed by atoms with E-state index in [1.807, 2.05) is 48.5 Å². The Labute approximate surface area is 180 Å². The van der Waals surface area contributed by atoms with Gasteiger partial charge < -0.3 is 5.11 Å². The molecule has 0 amide bonds. The van der Waals surface area contributed by atoms with Crippen LogP contribution in [-0.2, 0) is 4.79 Å². The van der Waals surface area contributed by atoms with Gasteiger partial charge in [0.05, 0.1) is 17.1 Å². The number of rotatable bonds is 6. The van der Waals surface area contributed by atoms with Gasteiger partial charge in [0, 0.05) is 16.8 Å². The second-order valence-corrected chi connectivity index (χ2v) is 8.05. The van der Waals surface area contributed by atoms with Gasteiger partial charge >= 0.3 is 5.97 Å². The minimum absolute atomic E-state index is 0.0513. The molecule has 3 aromatic carbocycles. The zero-order valence-corrected chi connectivity index (χ0v) is 17.7. The number of imidazole rings is 1. The van der Waals surface area contributed by atoms with Gasteiger partial charge in [0.2, 0.25) is 0 Å². The third-order valence-electron chi connectivity index (χ3n) is 5.01. The molecule has 5 heteroatoms. The highest BCUT2D eigenvalue weighted by molar-refractivity contribution is 7.99. The van der Waals surface area contributed by atoms with E-state index in [0.29, 0.717) is 5.16 Å². The Morgan fingerprint density at radius 3 is 2.13 bits per heavy atom. The highest BCUT2D eigenvalue weighted by Gasteiger charge is 2.22. The monoisotopic (exact) mass is 414 g/mol. The van der Waals surface area contributed by atoms with Gasteiger partial charge in [-0.05, 0) is 37.1 Å². The van der Waals surface area contributed by atoms with Crippen LogP contribution in [0.4, 0.5) is 0 Å². The van der Waals surface area contributed by atoms with Crippen LogP contribution in [0, 0.1) is 13.8 Å². The molecule has 0 saturated carbocycles. The lowest BCUT2D eigenvalue weighted by Gasteiger charge is -2.14. The predicted octanol–water partition coefficient (Wildman–Crippen LogP) is 6.00. The van der Waals surface area contributed by atoms with Crippen molar-refractivity contribution in [3.05, 3.63) is 90.0 Å². The van der Waals surface area contributed by atoms with Crippen LogP contribution in [0.5, 0.6) is 0 Å². The van der Waals surface area contributed by atoms with Crippen molar-refractivity contribution in [1.82, 2.24) is 9.55 Å². The summed E-state index contributed by atoms with van der Waals surface area (Å²) in [5.41, 5.74) is 7.18. The number of aliphatic carboxylic acids is 1. The molecule has 4 aromatic rings. The van der Waals surface area contributed by atoms with Crippen LogP contribution in [0.15, 0.2) is 84.0 Å². The second-order valence-electron chi connectivity index (χ2n) is 7.11. The Morgan fingerprint density at radius 2 is 1.53 bits per heavy atom. The van der Waals surface area contributed by atoms with Crippen LogP contribution >= 0.6 is 11.8 Å². The molecule has 1 aromatic heterocycles. The average Bonchev–Trinajstić information content (AvgIpc) is 3.15. The maximum atomic E-state index is 11.3. The maximum Gasteiger partial charge on any atom is 0.313 e. The number of aryl methyl sites for hydroxylation is 2. The molecular formula is C25H22N2O2S. The van der Waals surface area contributed by atoms with Crippen molar-refractivity contribution in [2.24, 2.45) is 0 Å². The van der Waals surface area contributed by atoms with E-state index in [4.69, 9.17) is 4.98 Å². The number of carboxylic acids is 1. The van der Waals surface area contributed by atoms with Gasteiger partial charge in [-0.1, -0.05) is 78.5 Å².